The Kier molecular flexibility index (Phi) is 6.71. The number of nitrogens with one attached hydrogen (secondary N) is 1. The number of morpholine rings is 1. The van der Waals surface area contributed by atoms with Gasteiger partial charge in [-0.25, -0.2) is 13.4 Å². The average Bonchev–Trinajstić information content (AvgIpc) is 3.55. The number of ether oxygens (including phenoxy) is 1. The maximum Gasteiger partial charge on any atom is 0.242 e. The van der Waals surface area contributed by atoms with E-state index in [-0.39, 0.29) is 40.7 Å². The molecule has 4 aromatic rings. The number of carbonyl (C=O) groups is 1. The minimum absolute atomic E-state index is 0.00995. The summed E-state index contributed by atoms with van der Waals surface area (Å²) in [5.41, 5.74) is 10.9. The summed E-state index contributed by atoms with van der Waals surface area (Å²) in [6.45, 7) is 1.63. The van der Waals surface area contributed by atoms with E-state index in [4.69, 9.17) is 15.5 Å². The predicted octanol–water partition coefficient (Wildman–Crippen LogP) is 2.67. The molecule has 1 aromatic carbocycles. The Morgan fingerprint density at radius 3 is 2.45 bits per heavy atom. The van der Waals surface area contributed by atoms with Crippen molar-refractivity contribution in [1.82, 2.24) is 29.8 Å². The number of pyridine rings is 1. The van der Waals surface area contributed by atoms with Gasteiger partial charge in [0.2, 0.25) is 5.91 Å². The highest BCUT2D eigenvalue weighted by molar-refractivity contribution is 7.91. The van der Waals surface area contributed by atoms with Crippen LogP contribution in [0.5, 0.6) is 0 Å². The molecular weight excluding hydrogens is 554 g/mol. The van der Waals surface area contributed by atoms with Gasteiger partial charge in [0.15, 0.2) is 15.5 Å². The molecule has 3 aliphatic heterocycles. The molecule has 3 aliphatic rings. The van der Waals surface area contributed by atoms with Crippen LogP contribution in [0.1, 0.15) is 37.3 Å². The third-order valence-electron chi connectivity index (χ3n) is 8.77. The summed E-state index contributed by atoms with van der Waals surface area (Å²) in [4.78, 5) is 25.1. The van der Waals surface area contributed by atoms with Gasteiger partial charge in [-0.2, -0.15) is 9.61 Å². The number of hydrogen-bond donors (Lipinski definition) is 2. The number of aromatic nitrogens is 4. The predicted molar refractivity (Wildman–Crippen MR) is 157 cm³/mol. The molecule has 3 aromatic heterocycles. The monoisotopic (exact) mass is 587 g/mol. The summed E-state index contributed by atoms with van der Waals surface area (Å²) in [5, 5.41) is 7.71. The van der Waals surface area contributed by atoms with Crippen LogP contribution in [0.2, 0.25) is 0 Å². The minimum Gasteiger partial charge on any atom is -0.382 e. The lowest BCUT2D eigenvalue weighted by Crippen LogP contribution is -2.57. The number of nitrogen functional groups attached to an aromatic ring is 1. The number of carbonyl (C=O) groups excluding carboxylic acids is 1. The molecule has 2 unspecified atom stereocenters. The number of nitrogens with two attached hydrogens (primary N) is 1. The van der Waals surface area contributed by atoms with Gasteiger partial charge in [-0.15, -0.1) is 0 Å². The highest BCUT2D eigenvalue weighted by atomic mass is 32.2. The van der Waals surface area contributed by atoms with Crippen LogP contribution in [0.25, 0.3) is 28.0 Å². The van der Waals surface area contributed by atoms with E-state index in [1.165, 1.54) is 4.52 Å². The molecule has 0 aliphatic carbocycles. The van der Waals surface area contributed by atoms with Gasteiger partial charge in [0.1, 0.15) is 16.8 Å². The van der Waals surface area contributed by atoms with Crippen molar-refractivity contribution in [3.8, 4) is 22.4 Å². The smallest absolute Gasteiger partial charge is 0.242 e. The van der Waals surface area contributed by atoms with Gasteiger partial charge in [0.25, 0.3) is 0 Å². The Labute approximate surface area is 244 Å². The number of fused-ring (bicyclic) bond motifs is 3. The molecule has 6 heterocycles. The molecule has 12 heteroatoms. The fourth-order valence-electron chi connectivity index (χ4n) is 6.88. The second kappa shape index (κ2) is 10.4. The van der Waals surface area contributed by atoms with Gasteiger partial charge >= 0.3 is 0 Å². The Morgan fingerprint density at radius 2 is 1.81 bits per heavy atom. The van der Waals surface area contributed by atoms with E-state index in [1.807, 2.05) is 47.4 Å². The van der Waals surface area contributed by atoms with Crippen molar-refractivity contribution in [2.45, 2.75) is 54.6 Å². The van der Waals surface area contributed by atoms with Gasteiger partial charge in [0.05, 0.1) is 30.8 Å². The van der Waals surface area contributed by atoms with Crippen molar-refractivity contribution < 1.29 is 17.9 Å². The first-order valence-corrected chi connectivity index (χ1v) is 16.2. The Balaban J connectivity index is 1.25. The molecule has 218 valence electrons. The zero-order valence-electron chi connectivity index (χ0n) is 23.3. The average molecular weight is 588 g/mol. The SMILES string of the molecule is CS(=O)(=O)c1c(C2C[C@H]3CC[C@@H](C2)N3C(=O)C2COCCN2)nc2c(-c3ccc(-c4ccccc4)nc3)cnn2c1N. The zero-order valence-corrected chi connectivity index (χ0v) is 24.1. The number of nitrogens with zero attached hydrogens (tertiary/aromatic N) is 5. The molecule has 1 amide bonds. The summed E-state index contributed by atoms with van der Waals surface area (Å²) in [7, 11) is -3.73. The van der Waals surface area contributed by atoms with Gasteiger partial charge in [-0.1, -0.05) is 36.4 Å². The molecular formula is C30H33N7O4S. The lowest BCUT2D eigenvalue weighted by molar-refractivity contribution is -0.141. The molecule has 7 rings (SSSR count). The fraction of sp³-hybridized carbons (Fsp3) is 0.400. The number of sulfone groups is 1. The summed E-state index contributed by atoms with van der Waals surface area (Å²) in [6, 6.07) is 13.5. The third-order valence-corrected chi connectivity index (χ3v) is 9.93. The summed E-state index contributed by atoms with van der Waals surface area (Å²) in [6.07, 6.45) is 7.59. The fourth-order valence-corrected chi connectivity index (χ4v) is 7.93. The quantitative estimate of drug-likeness (QED) is 0.360. The van der Waals surface area contributed by atoms with E-state index in [9.17, 15) is 13.2 Å². The minimum atomic E-state index is -3.73. The van der Waals surface area contributed by atoms with Gasteiger partial charge in [-0.05, 0) is 31.7 Å². The van der Waals surface area contributed by atoms with Crippen LogP contribution in [-0.4, -0.2) is 82.9 Å². The van der Waals surface area contributed by atoms with Crippen LogP contribution in [-0.2, 0) is 19.4 Å². The van der Waals surface area contributed by atoms with Crippen molar-refractivity contribution in [1.29, 1.82) is 0 Å². The number of hydrogen-bond acceptors (Lipinski definition) is 9. The highest BCUT2D eigenvalue weighted by Gasteiger charge is 2.47. The lowest BCUT2D eigenvalue weighted by atomic mass is 9.87. The molecule has 3 fully saturated rings. The van der Waals surface area contributed by atoms with Gasteiger partial charge < -0.3 is 20.7 Å². The van der Waals surface area contributed by atoms with E-state index >= 15 is 0 Å². The zero-order chi connectivity index (χ0) is 29.0. The van der Waals surface area contributed by atoms with Gasteiger partial charge in [-0.3, -0.25) is 9.78 Å². The number of anilines is 1. The van der Waals surface area contributed by atoms with Crippen molar-refractivity contribution in [2.75, 3.05) is 31.7 Å². The number of piperidine rings is 1. The highest BCUT2D eigenvalue weighted by Crippen LogP contribution is 2.45. The van der Waals surface area contributed by atoms with E-state index < -0.39 is 9.84 Å². The Bertz CT molecular complexity index is 1740. The van der Waals surface area contributed by atoms with Crippen LogP contribution in [0.4, 0.5) is 5.82 Å². The summed E-state index contributed by atoms with van der Waals surface area (Å²) >= 11 is 0. The second-order valence-corrected chi connectivity index (χ2v) is 13.4. The van der Waals surface area contributed by atoms with Crippen molar-refractivity contribution in [3.63, 3.8) is 0 Å². The molecule has 0 radical (unpaired) electrons. The number of rotatable bonds is 5. The maximum absolute atomic E-state index is 13.4. The van der Waals surface area contributed by atoms with Crippen LogP contribution in [0.3, 0.4) is 0 Å². The molecule has 3 saturated heterocycles. The van der Waals surface area contributed by atoms with Crippen molar-refractivity contribution in [3.05, 3.63) is 60.6 Å². The van der Waals surface area contributed by atoms with Crippen molar-refractivity contribution in [2.24, 2.45) is 0 Å². The topological polar surface area (TPSA) is 145 Å². The summed E-state index contributed by atoms with van der Waals surface area (Å²) < 4.78 is 33.2. The molecule has 11 nitrogen and oxygen atoms in total. The normalized spacial score (nSPS) is 24.3. The van der Waals surface area contributed by atoms with E-state index in [1.54, 1.807) is 12.4 Å². The third kappa shape index (κ3) is 4.63. The second-order valence-electron chi connectivity index (χ2n) is 11.5. The van der Waals surface area contributed by atoms with E-state index in [0.29, 0.717) is 49.5 Å². The molecule has 42 heavy (non-hydrogen) atoms. The molecule has 0 saturated carbocycles. The van der Waals surface area contributed by atoms with Crippen LogP contribution < -0.4 is 11.1 Å². The van der Waals surface area contributed by atoms with Crippen LogP contribution in [0, 0.1) is 0 Å². The largest absolute Gasteiger partial charge is 0.382 e. The first kappa shape index (κ1) is 27.0. The van der Waals surface area contributed by atoms with E-state index in [2.05, 4.69) is 15.4 Å². The Hall–Kier alpha value is -3.87. The first-order chi connectivity index (χ1) is 20.3. The van der Waals surface area contributed by atoms with Crippen LogP contribution >= 0.6 is 0 Å². The molecule has 2 bridgehead atoms. The Morgan fingerprint density at radius 1 is 1.05 bits per heavy atom. The van der Waals surface area contributed by atoms with Crippen molar-refractivity contribution >= 4 is 27.2 Å². The van der Waals surface area contributed by atoms with E-state index in [0.717, 1.165) is 35.9 Å². The summed E-state index contributed by atoms with van der Waals surface area (Å²) in [5.74, 6) is -0.0519. The van der Waals surface area contributed by atoms with Crippen LogP contribution in [0.15, 0.2) is 59.8 Å². The number of benzene rings is 1. The standard InChI is InChI=1S/C30H33N7O4S/c1-42(39,40)27-26(20-13-21-8-9-22(14-20)36(21)30(38)25-17-41-12-11-32-25)35-29-23(16-34-37(29)28(27)31)19-7-10-24(33-15-19)18-5-3-2-4-6-18/h2-7,10,15-16,20-22,25,32H,8-9,11-14,17,31H2,1H3/t20?,21-,22+,25?. The molecule has 0 spiro atoms. The lowest BCUT2D eigenvalue weighted by Gasteiger charge is -2.41. The maximum atomic E-state index is 13.4. The number of amides is 1. The molecule has 3 N–H and O–H groups in total. The van der Waals surface area contributed by atoms with Gasteiger partial charge in [0, 0.05) is 53.7 Å². The first-order valence-electron chi connectivity index (χ1n) is 14.3. The molecule has 4 atom stereocenters.